The third-order valence-electron chi connectivity index (χ3n) is 6.65. The Labute approximate surface area is 241 Å². The van der Waals surface area contributed by atoms with Crippen LogP contribution in [-0.2, 0) is 23.7 Å². The minimum absolute atomic E-state index is 0.0979. The summed E-state index contributed by atoms with van der Waals surface area (Å²) in [6, 6.07) is 3.16. The lowest BCUT2D eigenvalue weighted by Gasteiger charge is -2.26. The number of methoxy groups -OCH3 is 1. The first-order valence-corrected chi connectivity index (χ1v) is 13.6. The average Bonchev–Trinajstić information content (AvgIpc) is 3.18. The van der Waals surface area contributed by atoms with Gasteiger partial charge in [-0.15, -0.1) is 0 Å². The number of amides is 1. The van der Waals surface area contributed by atoms with E-state index in [1.54, 1.807) is 73.7 Å². The number of nitrogens with zero attached hydrogens (tertiary/aromatic N) is 1. The zero-order valence-electron chi connectivity index (χ0n) is 25.2. The minimum Gasteiger partial charge on any atom is -0.467 e. The Morgan fingerprint density at radius 3 is 2.54 bits per heavy atom. The molecule has 1 saturated heterocycles. The lowest BCUT2D eigenvalue weighted by Crippen LogP contribution is -2.36. The first-order valence-electron chi connectivity index (χ1n) is 13.6. The van der Waals surface area contributed by atoms with Crippen molar-refractivity contribution >= 4 is 23.8 Å². The van der Waals surface area contributed by atoms with E-state index in [9.17, 15) is 14.7 Å². The molecule has 1 aromatic rings. The number of aliphatic hydroxyl groups excluding tert-OH is 1. The van der Waals surface area contributed by atoms with Gasteiger partial charge in [-0.05, 0) is 65.7 Å². The van der Waals surface area contributed by atoms with Crippen molar-refractivity contribution in [3.05, 3.63) is 41.2 Å². The second-order valence-electron chi connectivity index (χ2n) is 11.7. The number of rotatable bonds is 4. The van der Waals surface area contributed by atoms with Gasteiger partial charge in [0.25, 0.3) is 0 Å². The van der Waals surface area contributed by atoms with E-state index in [1.165, 1.54) is 24.2 Å². The van der Waals surface area contributed by atoms with Crippen molar-refractivity contribution in [3.8, 4) is 5.75 Å². The van der Waals surface area contributed by atoms with Crippen molar-refractivity contribution in [2.24, 2.45) is 5.92 Å². The zero-order chi connectivity index (χ0) is 30.7. The molecule has 3 rings (SSSR count). The molecule has 0 aromatic heterocycles. The van der Waals surface area contributed by atoms with Crippen molar-refractivity contribution in [1.82, 2.24) is 0 Å². The van der Waals surface area contributed by atoms with Gasteiger partial charge in [-0.25, -0.2) is 14.0 Å². The number of fused-ring (bicyclic) bond motifs is 2. The Kier molecular flexibility index (Phi) is 10.2. The van der Waals surface area contributed by atoms with Gasteiger partial charge in [0.2, 0.25) is 0 Å². The van der Waals surface area contributed by atoms with Gasteiger partial charge in [0.15, 0.2) is 12.6 Å². The largest absolute Gasteiger partial charge is 0.467 e. The normalized spacial score (nSPS) is 26.7. The van der Waals surface area contributed by atoms with Crippen molar-refractivity contribution in [2.45, 2.75) is 90.7 Å². The minimum atomic E-state index is -1.57. The lowest BCUT2D eigenvalue weighted by molar-refractivity contribution is -0.153. The molecule has 5 atom stereocenters. The SMILES string of the molecule is COCOc1cc(N(C)C(=O)OC(C)(C)C)cc2c1C(=O)O[C@@H](C)[C@H](C)C=C(F)C(O)[C@H]1OC(C)(C)O[C@H]1CC=C2. The van der Waals surface area contributed by atoms with E-state index in [2.05, 4.69) is 0 Å². The summed E-state index contributed by atoms with van der Waals surface area (Å²) < 4.78 is 49.0. The summed E-state index contributed by atoms with van der Waals surface area (Å²) in [5.41, 5.74) is 0.157. The molecule has 0 saturated carbocycles. The lowest BCUT2D eigenvalue weighted by atomic mass is 9.98. The molecule has 1 unspecified atom stereocenters. The Bertz CT molecular complexity index is 1170. The summed E-state index contributed by atoms with van der Waals surface area (Å²) in [6.45, 7) is 11.8. The van der Waals surface area contributed by atoms with Crippen molar-refractivity contribution in [1.29, 1.82) is 0 Å². The topological polar surface area (TPSA) is 113 Å². The molecule has 1 N–H and O–H groups in total. The molecule has 2 heterocycles. The maximum atomic E-state index is 15.1. The maximum Gasteiger partial charge on any atom is 0.414 e. The number of cyclic esters (lactones) is 1. The summed E-state index contributed by atoms with van der Waals surface area (Å²) in [4.78, 5) is 27.7. The number of hydrogen-bond acceptors (Lipinski definition) is 9. The van der Waals surface area contributed by atoms with Crippen LogP contribution in [0.15, 0.2) is 30.1 Å². The van der Waals surface area contributed by atoms with Crippen molar-refractivity contribution < 1.29 is 47.5 Å². The van der Waals surface area contributed by atoms with E-state index in [1.807, 2.05) is 0 Å². The van der Waals surface area contributed by atoms with Crippen LogP contribution >= 0.6 is 0 Å². The van der Waals surface area contributed by atoms with E-state index < -0.39 is 59.6 Å². The molecular weight excluding hydrogens is 537 g/mol. The molecule has 11 heteroatoms. The fourth-order valence-electron chi connectivity index (χ4n) is 4.46. The predicted octanol–water partition coefficient (Wildman–Crippen LogP) is 5.37. The monoisotopic (exact) mass is 579 g/mol. The number of hydrogen-bond donors (Lipinski definition) is 1. The Morgan fingerprint density at radius 2 is 1.90 bits per heavy atom. The molecule has 0 radical (unpaired) electrons. The van der Waals surface area contributed by atoms with Crippen molar-refractivity contribution in [2.75, 3.05) is 25.9 Å². The number of esters is 1. The highest BCUT2D eigenvalue weighted by Crippen LogP contribution is 2.36. The van der Waals surface area contributed by atoms with Gasteiger partial charge in [-0.2, -0.15) is 0 Å². The number of benzene rings is 1. The number of anilines is 1. The second kappa shape index (κ2) is 12.9. The van der Waals surface area contributed by atoms with Crippen LogP contribution in [0, 0.1) is 5.92 Å². The summed E-state index contributed by atoms with van der Waals surface area (Å²) in [5.74, 6) is -3.03. The van der Waals surface area contributed by atoms with Crippen LogP contribution in [0.5, 0.6) is 5.75 Å². The van der Waals surface area contributed by atoms with Crippen LogP contribution in [0.4, 0.5) is 14.9 Å². The van der Waals surface area contributed by atoms with Crippen LogP contribution in [0.2, 0.25) is 0 Å². The van der Waals surface area contributed by atoms with E-state index in [4.69, 9.17) is 28.4 Å². The van der Waals surface area contributed by atoms with Gasteiger partial charge in [0, 0.05) is 26.1 Å². The predicted molar refractivity (Wildman–Crippen MR) is 150 cm³/mol. The van der Waals surface area contributed by atoms with Crippen LogP contribution < -0.4 is 9.64 Å². The van der Waals surface area contributed by atoms with Gasteiger partial charge < -0.3 is 33.5 Å². The fraction of sp³-hybridized carbons (Fsp3) is 0.600. The van der Waals surface area contributed by atoms with E-state index >= 15 is 4.39 Å². The standard InChI is InChI=1S/C30H42FNO9/c1-17-13-21(31)25(33)26-22(39-30(6,7)40-26)12-10-11-19-14-20(32(8)28(35)41-29(3,4)5)15-23(37-16-36-9)24(19)27(34)38-18(17)2/h10-11,13-15,17-18,22,25-26,33H,12,16H2,1-9H3/t17-,18+,22+,25?,26+/m1/s1. The number of halogens is 1. The second-order valence-corrected chi connectivity index (χ2v) is 11.7. The number of carbonyl (C=O) groups excluding carboxylic acids is 2. The smallest absolute Gasteiger partial charge is 0.414 e. The number of ether oxygens (including phenoxy) is 6. The summed E-state index contributed by atoms with van der Waals surface area (Å²) in [7, 11) is 2.98. The van der Waals surface area contributed by atoms with Gasteiger partial charge in [-0.3, -0.25) is 4.90 Å². The van der Waals surface area contributed by atoms with E-state index in [0.29, 0.717) is 11.3 Å². The highest BCUT2D eigenvalue weighted by Gasteiger charge is 2.45. The first kappa shape index (κ1) is 32.5. The molecule has 41 heavy (non-hydrogen) atoms. The average molecular weight is 580 g/mol. The van der Waals surface area contributed by atoms with Crippen LogP contribution in [0.1, 0.15) is 70.8 Å². The summed E-state index contributed by atoms with van der Waals surface area (Å²) in [5, 5.41) is 10.8. The molecule has 10 nitrogen and oxygen atoms in total. The highest BCUT2D eigenvalue weighted by atomic mass is 19.1. The Morgan fingerprint density at radius 1 is 1.22 bits per heavy atom. The zero-order valence-corrected chi connectivity index (χ0v) is 25.2. The van der Waals surface area contributed by atoms with E-state index in [0.717, 1.165) is 0 Å². The number of carbonyl (C=O) groups is 2. The van der Waals surface area contributed by atoms with Gasteiger partial charge in [0.1, 0.15) is 41.1 Å². The first-order chi connectivity index (χ1) is 19.0. The number of aliphatic hydroxyl groups is 1. The van der Waals surface area contributed by atoms with Crippen LogP contribution in [0.25, 0.3) is 6.08 Å². The molecule has 2 aliphatic rings. The van der Waals surface area contributed by atoms with E-state index in [-0.39, 0.29) is 24.5 Å². The molecule has 0 spiro atoms. The summed E-state index contributed by atoms with van der Waals surface area (Å²) >= 11 is 0. The quantitative estimate of drug-likeness (QED) is 0.371. The molecular formula is C30H42FNO9. The molecule has 2 aliphatic heterocycles. The van der Waals surface area contributed by atoms with Gasteiger partial charge in [-0.1, -0.05) is 19.1 Å². The molecule has 1 amide bonds. The van der Waals surface area contributed by atoms with Gasteiger partial charge in [0.05, 0.1) is 11.8 Å². The molecule has 0 bridgehead atoms. The third-order valence-corrected chi connectivity index (χ3v) is 6.65. The Balaban J connectivity index is 2.14. The molecule has 1 aromatic carbocycles. The van der Waals surface area contributed by atoms with Crippen molar-refractivity contribution in [3.63, 3.8) is 0 Å². The summed E-state index contributed by atoms with van der Waals surface area (Å²) in [6.07, 6.45) is 0.227. The molecule has 1 fully saturated rings. The molecule has 228 valence electrons. The van der Waals surface area contributed by atoms with Gasteiger partial charge >= 0.3 is 12.1 Å². The Hall–Kier alpha value is -2.99. The van der Waals surface area contributed by atoms with Crippen LogP contribution in [-0.4, -0.2) is 73.9 Å². The van der Waals surface area contributed by atoms with Crippen LogP contribution in [0.3, 0.4) is 0 Å². The third kappa shape index (κ3) is 8.28. The molecule has 0 aliphatic carbocycles. The maximum absolute atomic E-state index is 15.1. The fourth-order valence-corrected chi connectivity index (χ4v) is 4.46. The highest BCUT2D eigenvalue weighted by molar-refractivity contribution is 5.99.